The third kappa shape index (κ3) is 4.59. The second-order valence-corrected chi connectivity index (χ2v) is 6.73. The van der Waals surface area contributed by atoms with Gasteiger partial charge in [0.2, 0.25) is 10.0 Å². The number of nitrogens with two attached hydrogens (primary N) is 1. The highest BCUT2D eigenvalue weighted by Crippen LogP contribution is 2.14. The molecule has 24 heavy (non-hydrogen) atoms. The van der Waals surface area contributed by atoms with Gasteiger partial charge in [0.15, 0.2) is 0 Å². The van der Waals surface area contributed by atoms with E-state index in [1.807, 2.05) is 0 Å². The van der Waals surface area contributed by atoms with Gasteiger partial charge in [-0.3, -0.25) is 0 Å². The van der Waals surface area contributed by atoms with E-state index in [1.165, 1.54) is 24.3 Å². The van der Waals surface area contributed by atoms with Gasteiger partial charge in [0, 0.05) is 31.9 Å². The lowest BCUT2D eigenvalue weighted by Crippen LogP contribution is -2.51. The second-order valence-electron chi connectivity index (χ2n) is 5.17. The number of carbonyl (C=O) groups excluding carboxylic acids is 2. The van der Waals surface area contributed by atoms with E-state index in [9.17, 15) is 18.0 Å². The number of benzene rings is 1. The molecule has 132 valence electrons. The van der Waals surface area contributed by atoms with Crippen molar-refractivity contribution in [3.8, 4) is 0 Å². The molecular weight excluding hydrogens is 336 g/mol. The molecule has 1 aliphatic heterocycles. The van der Waals surface area contributed by atoms with Crippen LogP contribution in [-0.4, -0.2) is 63.1 Å². The highest BCUT2D eigenvalue weighted by Gasteiger charge is 2.24. The lowest BCUT2D eigenvalue weighted by molar-refractivity contribution is 0.0868. The highest BCUT2D eigenvalue weighted by molar-refractivity contribution is 7.89. The first kappa shape index (κ1) is 18.0. The van der Waals surface area contributed by atoms with Crippen LogP contribution in [-0.2, 0) is 14.8 Å². The molecule has 1 aromatic rings. The van der Waals surface area contributed by atoms with Crippen molar-refractivity contribution in [3.05, 3.63) is 24.3 Å². The molecule has 0 radical (unpaired) electrons. The van der Waals surface area contributed by atoms with E-state index in [0.29, 0.717) is 38.5 Å². The third-order valence-corrected chi connectivity index (χ3v) is 4.46. The zero-order valence-electron chi connectivity index (χ0n) is 13.3. The number of piperazine rings is 1. The first-order chi connectivity index (χ1) is 11.3. The smallest absolute Gasteiger partial charge is 0.409 e. The zero-order valence-corrected chi connectivity index (χ0v) is 14.1. The van der Waals surface area contributed by atoms with Crippen molar-refractivity contribution in [2.75, 3.05) is 38.1 Å². The number of rotatable bonds is 3. The summed E-state index contributed by atoms with van der Waals surface area (Å²) in [5.74, 6) is 0. The van der Waals surface area contributed by atoms with Gasteiger partial charge in [0.05, 0.1) is 11.5 Å². The molecule has 0 aliphatic carbocycles. The van der Waals surface area contributed by atoms with Crippen molar-refractivity contribution in [1.29, 1.82) is 0 Å². The summed E-state index contributed by atoms with van der Waals surface area (Å²) in [6.45, 7) is 3.63. The SMILES string of the molecule is CCOC(=O)N1CCN(C(=O)Nc2ccc(S(N)(=O)=O)cc2)CC1. The molecule has 1 heterocycles. The van der Waals surface area contributed by atoms with E-state index < -0.39 is 10.0 Å². The Bertz CT molecular complexity index is 696. The van der Waals surface area contributed by atoms with Crippen LogP contribution in [0.3, 0.4) is 0 Å². The Labute approximate surface area is 140 Å². The molecule has 9 nitrogen and oxygen atoms in total. The van der Waals surface area contributed by atoms with E-state index in [-0.39, 0.29) is 17.0 Å². The fourth-order valence-electron chi connectivity index (χ4n) is 2.24. The molecule has 10 heteroatoms. The van der Waals surface area contributed by atoms with Gasteiger partial charge in [0.25, 0.3) is 0 Å². The Balaban J connectivity index is 1.89. The molecule has 3 amide bonds. The molecule has 0 spiro atoms. The number of urea groups is 1. The van der Waals surface area contributed by atoms with Gasteiger partial charge in [0.1, 0.15) is 0 Å². The van der Waals surface area contributed by atoms with Crippen molar-refractivity contribution in [1.82, 2.24) is 9.80 Å². The molecule has 1 aromatic carbocycles. The summed E-state index contributed by atoms with van der Waals surface area (Å²) >= 11 is 0. The van der Waals surface area contributed by atoms with Crippen LogP contribution in [0.4, 0.5) is 15.3 Å². The first-order valence-electron chi connectivity index (χ1n) is 7.41. The predicted octanol–water partition coefficient (Wildman–Crippen LogP) is 0.640. The summed E-state index contributed by atoms with van der Waals surface area (Å²) in [5.41, 5.74) is 0.459. The van der Waals surface area contributed by atoms with E-state index in [0.717, 1.165) is 0 Å². The highest BCUT2D eigenvalue weighted by atomic mass is 32.2. The van der Waals surface area contributed by atoms with Gasteiger partial charge < -0.3 is 19.9 Å². The monoisotopic (exact) mass is 356 g/mol. The fraction of sp³-hybridized carbons (Fsp3) is 0.429. The van der Waals surface area contributed by atoms with Crippen molar-refractivity contribution >= 4 is 27.8 Å². The number of amides is 3. The molecule has 3 N–H and O–H groups in total. The number of nitrogens with zero attached hydrogens (tertiary/aromatic N) is 2. The summed E-state index contributed by atoms with van der Waals surface area (Å²) in [5, 5.41) is 7.69. The largest absolute Gasteiger partial charge is 0.450 e. The lowest BCUT2D eigenvalue weighted by Gasteiger charge is -2.34. The molecule has 1 fully saturated rings. The van der Waals surface area contributed by atoms with E-state index in [1.54, 1.807) is 16.7 Å². The predicted molar refractivity (Wildman–Crippen MR) is 87.0 cm³/mol. The maximum atomic E-state index is 12.2. The summed E-state index contributed by atoms with van der Waals surface area (Å²) in [7, 11) is -3.76. The van der Waals surface area contributed by atoms with Gasteiger partial charge >= 0.3 is 12.1 Å². The number of ether oxygens (including phenoxy) is 1. The van der Waals surface area contributed by atoms with Crippen LogP contribution in [0, 0.1) is 0 Å². The number of nitrogens with one attached hydrogen (secondary N) is 1. The summed E-state index contributed by atoms with van der Waals surface area (Å²) in [4.78, 5) is 26.9. The van der Waals surface area contributed by atoms with Crippen LogP contribution >= 0.6 is 0 Å². The third-order valence-electron chi connectivity index (χ3n) is 3.53. The van der Waals surface area contributed by atoms with E-state index >= 15 is 0 Å². The minimum absolute atomic E-state index is 0.0245. The minimum atomic E-state index is -3.76. The molecule has 0 saturated carbocycles. The van der Waals surface area contributed by atoms with Crippen LogP contribution in [0.1, 0.15) is 6.92 Å². The Hall–Kier alpha value is -2.33. The quantitative estimate of drug-likeness (QED) is 0.823. The van der Waals surface area contributed by atoms with Crippen molar-refractivity contribution in [3.63, 3.8) is 0 Å². The van der Waals surface area contributed by atoms with Crippen LogP contribution in [0.2, 0.25) is 0 Å². The van der Waals surface area contributed by atoms with E-state index in [2.05, 4.69) is 5.32 Å². The molecule has 1 saturated heterocycles. The van der Waals surface area contributed by atoms with Crippen LogP contribution in [0.5, 0.6) is 0 Å². The Morgan fingerprint density at radius 2 is 1.67 bits per heavy atom. The lowest BCUT2D eigenvalue weighted by atomic mass is 10.3. The summed E-state index contributed by atoms with van der Waals surface area (Å²) in [6, 6.07) is 5.26. The first-order valence-corrected chi connectivity index (χ1v) is 8.96. The zero-order chi connectivity index (χ0) is 17.7. The number of carbonyl (C=O) groups is 2. The molecular formula is C14H20N4O5S. The van der Waals surface area contributed by atoms with Gasteiger partial charge in [-0.25, -0.2) is 23.1 Å². The maximum Gasteiger partial charge on any atom is 0.409 e. The Kier molecular flexibility index (Phi) is 5.62. The average Bonchev–Trinajstić information content (AvgIpc) is 2.55. The number of hydrogen-bond acceptors (Lipinski definition) is 5. The molecule has 1 aliphatic rings. The Morgan fingerprint density at radius 1 is 1.12 bits per heavy atom. The average molecular weight is 356 g/mol. The summed E-state index contributed by atoms with van der Waals surface area (Å²) < 4.78 is 27.3. The van der Waals surface area contributed by atoms with Crippen LogP contribution in [0.15, 0.2) is 29.2 Å². The second kappa shape index (κ2) is 7.49. The molecule has 0 unspecified atom stereocenters. The van der Waals surface area contributed by atoms with Crippen molar-refractivity contribution in [2.24, 2.45) is 5.14 Å². The van der Waals surface area contributed by atoms with Gasteiger partial charge in [-0.2, -0.15) is 0 Å². The fourth-order valence-corrected chi connectivity index (χ4v) is 2.75. The van der Waals surface area contributed by atoms with Crippen LogP contribution < -0.4 is 10.5 Å². The number of primary sulfonamides is 1. The summed E-state index contributed by atoms with van der Waals surface area (Å²) in [6.07, 6.45) is -0.379. The molecule has 2 rings (SSSR count). The maximum absolute atomic E-state index is 12.2. The molecule has 0 aromatic heterocycles. The van der Waals surface area contributed by atoms with Gasteiger partial charge in [-0.05, 0) is 31.2 Å². The molecule has 0 bridgehead atoms. The number of hydrogen-bond donors (Lipinski definition) is 2. The van der Waals surface area contributed by atoms with E-state index in [4.69, 9.17) is 9.88 Å². The molecule has 0 atom stereocenters. The Morgan fingerprint density at radius 3 is 2.17 bits per heavy atom. The number of sulfonamides is 1. The van der Waals surface area contributed by atoms with Gasteiger partial charge in [-0.1, -0.05) is 0 Å². The normalized spacial score (nSPS) is 15.1. The van der Waals surface area contributed by atoms with Gasteiger partial charge in [-0.15, -0.1) is 0 Å². The van der Waals surface area contributed by atoms with Crippen LogP contribution in [0.25, 0.3) is 0 Å². The van der Waals surface area contributed by atoms with Crippen molar-refractivity contribution in [2.45, 2.75) is 11.8 Å². The van der Waals surface area contributed by atoms with Crippen molar-refractivity contribution < 1.29 is 22.7 Å². The number of anilines is 1. The minimum Gasteiger partial charge on any atom is -0.450 e. The standard InChI is InChI=1S/C14H20N4O5S/c1-2-23-14(20)18-9-7-17(8-10-18)13(19)16-11-3-5-12(6-4-11)24(15,21)22/h3-6H,2,7-10H2,1H3,(H,16,19)(H2,15,21,22). The topological polar surface area (TPSA) is 122 Å².